The summed E-state index contributed by atoms with van der Waals surface area (Å²) in [6.07, 6.45) is 3.57. The van der Waals surface area contributed by atoms with Crippen molar-refractivity contribution in [1.29, 1.82) is 0 Å². The van der Waals surface area contributed by atoms with Crippen LogP contribution in [-0.2, 0) is 14.4 Å². The van der Waals surface area contributed by atoms with Gasteiger partial charge in [0, 0.05) is 13.1 Å². The van der Waals surface area contributed by atoms with Crippen LogP contribution in [0.4, 0.5) is 0 Å². The first-order valence-corrected chi connectivity index (χ1v) is 6.91. The third-order valence-corrected chi connectivity index (χ3v) is 3.93. The molecule has 0 bridgehead atoms. The van der Waals surface area contributed by atoms with Crippen molar-refractivity contribution >= 4 is 30.1 Å². The van der Waals surface area contributed by atoms with Gasteiger partial charge in [-0.1, -0.05) is 12.8 Å². The number of hydrogen-bond donors (Lipinski definition) is 2. The Labute approximate surface area is 125 Å². The van der Waals surface area contributed by atoms with E-state index in [9.17, 15) is 14.4 Å². The molecule has 1 heterocycles. The highest BCUT2D eigenvalue weighted by Crippen LogP contribution is 2.37. The number of likely N-dealkylation sites (N-methyl/N-ethyl adjacent to an activating group) is 1. The molecule has 0 spiro atoms. The third-order valence-electron chi connectivity index (χ3n) is 3.93. The molecule has 7 heteroatoms. The molecule has 0 aromatic heterocycles. The fraction of sp³-hybridized carbons (Fsp3) is 0.769. The average Bonchev–Trinajstić information content (AvgIpc) is 2.65. The van der Waals surface area contributed by atoms with E-state index in [1.54, 1.807) is 7.05 Å². The van der Waals surface area contributed by atoms with Crippen molar-refractivity contribution in [3.8, 4) is 0 Å². The summed E-state index contributed by atoms with van der Waals surface area (Å²) < 4.78 is 0. The molecule has 2 aliphatic rings. The van der Waals surface area contributed by atoms with Crippen LogP contribution in [0.1, 0.15) is 25.7 Å². The van der Waals surface area contributed by atoms with Gasteiger partial charge in [0.25, 0.3) is 0 Å². The highest BCUT2D eigenvalue weighted by atomic mass is 35.5. The summed E-state index contributed by atoms with van der Waals surface area (Å²) in [4.78, 5) is 37.1. The van der Waals surface area contributed by atoms with E-state index in [-0.39, 0.29) is 48.5 Å². The van der Waals surface area contributed by atoms with Crippen molar-refractivity contribution in [2.75, 3.05) is 26.7 Å². The maximum absolute atomic E-state index is 12.1. The van der Waals surface area contributed by atoms with Crippen LogP contribution in [0.5, 0.6) is 0 Å². The lowest BCUT2D eigenvalue weighted by Gasteiger charge is -2.19. The minimum Gasteiger partial charge on any atom is -0.353 e. The van der Waals surface area contributed by atoms with Crippen molar-refractivity contribution in [1.82, 2.24) is 15.5 Å². The number of halogens is 1. The Hall–Kier alpha value is -1.14. The molecule has 2 fully saturated rings. The van der Waals surface area contributed by atoms with Gasteiger partial charge in [-0.3, -0.25) is 19.3 Å². The second kappa shape index (κ2) is 7.59. The Morgan fingerprint density at radius 3 is 2.20 bits per heavy atom. The van der Waals surface area contributed by atoms with Crippen molar-refractivity contribution in [3.05, 3.63) is 0 Å². The van der Waals surface area contributed by atoms with Gasteiger partial charge in [-0.25, -0.2) is 0 Å². The van der Waals surface area contributed by atoms with E-state index in [4.69, 9.17) is 0 Å². The number of nitrogens with zero attached hydrogens (tertiary/aromatic N) is 1. The minimum absolute atomic E-state index is 0. The number of likely N-dealkylation sites (tertiary alicyclic amines) is 1. The van der Waals surface area contributed by atoms with Crippen LogP contribution in [0.15, 0.2) is 0 Å². The quantitative estimate of drug-likeness (QED) is 0.550. The lowest BCUT2D eigenvalue weighted by atomic mass is 9.81. The Morgan fingerprint density at radius 1 is 1.15 bits per heavy atom. The SMILES string of the molecule is CNCCNC(=O)CN1C(=O)C2CCCCC2C1=O.Cl. The van der Waals surface area contributed by atoms with E-state index < -0.39 is 0 Å². The molecule has 0 aromatic carbocycles. The fourth-order valence-corrected chi connectivity index (χ4v) is 2.91. The van der Waals surface area contributed by atoms with Gasteiger partial charge < -0.3 is 10.6 Å². The standard InChI is InChI=1S/C13H21N3O3.ClH/c1-14-6-7-15-11(17)8-16-12(18)9-4-2-3-5-10(9)13(16)19;/h9-10,14H,2-8H2,1H3,(H,15,17);1H. The Bertz CT molecular complexity index is 365. The third kappa shape index (κ3) is 3.49. The van der Waals surface area contributed by atoms with Crippen molar-refractivity contribution in [2.24, 2.45) is 11.8 Å². The number of carbonyl (C=O) groups excluding carboxylic acids is 3. The molecule has 1 aliphatic heterocycles. The summed E-state index contributed by atoms with van der Waals surface area (Å²) in [7, 11) is 1.80. The molecule has 2 N–H and O–H groups in total. The van der Waals surface area contributed by atoms with E-state index in [0.717, 1.165) is 30.6 Å². The van der Waals surface area contributed by atoms with E-state index in [0.29, 0.717) is 13.1 Å². The van der Waals surface area contributed by atoms with Crippen LogP contribution >= 0.6 is 12.4 Å². The van der Waals surface area contributed by atoms with Gasteiger partial charge in [-0.2, -0.15) is 0 Å². The summed E-state index contributed by atoms with van der Waals surface area (Å²) in [6.45, 7) is 1.03. The van der Waals surface area contributed by atoms with E-state index in [1.165, 1.54) is 0 Å². The van der Waals surface area contributed by atoms with Crippen molar-refractivity contribution in [3.63, 3.8) is 0 Å². The van der Waals surface area contributed by atoms with E-state index >= 15 is 0 Å². The van der Waals surface area contributed by atoms with Gasteiger partial charge in [-0.05, 0) is 19.9 Å². The van der Waals surface area contributed by atoms with Crippen molar-refractivity contribution < 1.29 is 14.4 Å². The summed E-state index contributed by atoms with van der Waals surface area (Å²) in [6, 6.07) is 0. The van der Waals surface area contributed by atoms with E-state index in [1.807, 2.05) is 0 Å². The zero-order valence-electron chi connectivity index (χ0n) is 11.7. The Balaban J connectivity index is 0.00000200. The monoisotopic (exact) mass is 303 g/mol. The molecular formula is C13H22ClN3O3. The predicted octanol–water partition coefficient (Wildman–Crippen LogP) is -0.0810. The van der Waals surface area contributed by atoms with Gasteiger partial charge in [-0.15, -0.1) is 12.4 Å². The van der Waals surface area contributed by atoms with Gasteiger partial charge >= 0.3 is 0 Å². The molecular weight excluding hydrogens is 282 g/mol. The van der Waals surface area contributed by atoms with Crippen LogP contribution in [0, 0.1) is 11.8 Å². The highest BCUT2D eigenvalue weighted by molar-refractivity contribution is 6.07. The second-order valence-corrected chi connectivity index (χ2v) is 5.21. The highest BCUT2D eigenvalue weighted by Gasteiger charge is 2.48. The number of fused-ring (bicyclic) bond motifs is 1. The van der Waals surface area contributed by atoms with Crippen LogP contribution in [0.2, 0.25) is 0 Å². The summed E-state index contributed by atoms with van der Waals surface area (Å²) in [5.41, 5.74) is 0. The molecule has 3 amide bonds. The van der Waals surface area contributed by atoms with Gasteiger partial charge in [0.05, 0.1) is 11.8 Å². The number of carbonyl (C=O) groups is 3. The summed E-state index contributed by atoms with van der Waals surface area (Å²) in [5, 5.41) is 5.60. The fourth-order valence-electron chi connectivity index (χ4n) is 2.91. The molecule has 114 valence electrons. The number of hydrogen-bond acceptors (Lipinski definition) is 4. The largest absolute Gasteiger partial charge is 0.353 e. The lowest BCUT2D eigenvalue weighted by Crippen LogP contribution is -2.42. The van der Waals surface area contributed by atoms with Gasteiger partial charge in [0.2, 0.25) is 17.7 Å². The van der Waals surface area contributed by atoms with Gasteiger partial charge in [0.15, 0.2) is 0 Å². The zero-order valence-corrected chi connectivity index (χ0v) is 12.5. The first-order chi connectivity index (χ1) is 9.15. The molecule has 1 aliphatic carbocycles. The van der Waals surface area contributed by atoms with Crippen LogP contribution < -0.4 is 10.6 Å². The van der Waals surface area contributed by atoms with E-state index in [2.05, 4.69) is 10.6 Å². The Kier molecular flexibility index (Phi) is 6.42. The van der Waals surface area contributed by atoms with Crippen LogP contribution in [0.3, 0.4) is 0 Å². The first kappa shape index (κ1) is 16.9. The smallest absolute Gasteiger partial charge is 0.240 e. The first-order valence-electron chi connectivity index (χ1n) is 6.91. The second-order valence-electron chi connectivity index (χ2n) is 5.21. The molecule has 1 saturated heterocycles. The number of amides is 3. The minimum atomic E-state index is -0.268. The number of rotatable bonds is 5. The van der Waals surface area contributed by atoms with Crippen LogP contribution in [0.25, 0.3) is 0 Å². The maximum atomic E-state index is 12.1. The van der Waals surface area contributed by atoms with Crippen molar-refractivity contribution in [2.45, 2.75) is 25.7 Å². The maximum Gasteiger partial charge on any atom is 0.240 e. The summed E-state index contributed by atoms with van der Waals surface area (Å²) >= 11 is 0. The predicted molar refractivity (Wildman–Crippen MR) is 76.4 cm³/mol. The molecule has 2 unspecified atom stereocenters. The normalized spacial score (nSPS) is 25.1. The zero-order chi connectivity index (χ0) is 13.8. The van der Waals surface area contributed by atoms with Gasteiger partial charge in [0.1, 0.15) is 6.54 Å². The number of imide groups is 1. The topological polar surface area (TPSA) is 78.5 Å². The lowest BCUT2D eigenvalue weighted by molar-refractivity contribution is -0.143. The Morgan fingerprint density at radius 2 is 1.70 bits per heavy atom. The van der Waals surface area contributed by atoms with Crippen LogP contribution in [-0.4, -0.2) is 49.3 Å². The molecule has 6 nitrogen and oxygen atoms in total. The molecule has 1 saturated carbocycles. The molecule has 2 rings (SSSR count). The number of nitrogens with one attached hydrogen (secondary N) is 2. The molecule has 2 atom stereocenters. The average molecular weight is 304 g/mol. The molecule has 0 aromatic rings. The molecule has 20 heavy (non-hydrogen) atoms. The summed E-state index contributed by atoms with van der Waals surface area (Å²) in [5.74, 6) is -0.926. The molecule has 0 radical (unpaired) electrons.